The average Bonchev–Trinajstić information content (AvgIpc) is 3.05. The molecule has 1 aromatic heterocycles. The Balaban J connectivity index is 0.000000923. The molecule has 1 fully saturated rings. The predicted molar refractivity (Wildman–Crippen MR) is 92.4 cm³/mol. The first-order valence-electron chi connectivity index (χ1n) is 8.40. The van der Waals surface area contributed by atoms with Gasteiger partial charge in [-0.05, 0) is 47.0 Å². The van der Waals surface area contributed by atoms with E-state index in [0.29, 0.717) is 18.3 Å². The summed E-state index contributed by atoms with van der Waals surface area (Å²) in [7, 11) is 3.26. The van der Waals surface area contributed by atoms with E-state index < -0.39 is 0 Å². The SMILES string of the molecule is CN(C)[C-]=O.[CH2-]CN1CCC(C)(c2noc(CC(=O)OCC)n2)CC1.[W+2]. The Labute approximate surface area is 169 Å². The summed E-state index contributed by atoms with van der Waals surface area (Å²) in [5, 5.41) is 4.05. The van der Waals surface area contributed by atoms with Crippen LogP contribution in [0.5, 0.6) is 0 Å². The van der Waals surface area contributed by atoms with Gasteiger partial charge in [-0.25, -0.2) is 0 Å². The second-order valence-corrected chi connectivity index (χ2v) is 6.38. The molecular weight excluding hydrogens is 508 g/mol. The standard InChI is InChI=1S/C14H22N3O3.C3H6NO.W/c1-4-17-8-6-14(3,7-9-17)13-15-11(20-16-13)10-12(18)19-5-2;1-4(2)3-5;/h1,4-10H2,2-3H3;1-2H3;/q2*-1;+2. The van der Waals surface area contributed by atoms with Crippen LogP contribution in [-0.2, 0) is 47.2 Å². The van der Waals surface area contributed by atoms with Gasteiger partial charge in [0.25, 0.3) is 0 Å². The fourth-order valence-electron chi connectivity index (χ4n) is 2.40. The summed E-state index contributed by atoms with van der Waals surface area (Å²) in [6.45, 7) is 11.0. The van der Waals surface area contributed by atoms with Gasteiger partial charge in [-0.3, -0.25) is 4.79 Å². The maximum atomic E-state index is 11.4. The third kappa shape index (κ3) is 7.95. The summed E-state index contributed by atoms with van der Waals surface area (Å²) in [5.41, 5.74) is -0.0813. The van der Waals surface area contributed by atoms with Crippen LogP contribution in [0.4, 0.5) is 0 Å². The Morgan fingerprint density at radius 2 is 2.00 bits per heavy atom. The van der Waals surface area contributed by atoms with Crippen LogP contribution >= 0.6 is 0 Å². The minimum Gasteiger partial charge on any atom is -0.522 e. The zero-order valence-corrected chi connectivity index (χ0v) is 18.9. The summed E-state index contributed by atoms with van der Waals surface area (Å²) in [4.78, 5) is 28.7. The molecule has 146 valence electrons. The first-order valence-corrected chi connectivity index (χ1v) is 8.40. The monoisotopic (exact) mass is 536 g/mol. The third-order valence-electron chi connectivity index (χ3n) is 4.07. The number of carbonyl (C=O) groups excluding carboxylic acids is 2. The summed E-state index contributed by atoms with van der Waals surface area (Å²) in [6.07, 6.45) is 3.60. The second-order valence-electron chi connectivity index (χ2n) is 6.38. The van der Waals surface area contributed by atoms with E-state index in [-0.39, 0.29) is 38.9 Å². The predicted octanol–water partition coefficient (Wildman–Crippen LogP) is 0.975. The third-order valence-corrected chi connectivity index (χ3v) is 4.07. The zero-order chi connectivity index (χ0) is 18.9. The van der Waals surface area contributed by atoms with Crippen LogP contribution in [0.1, 0.15) is 38.4 Å². The van der Waals surface area contributed by atoms with Crippen LogP contribution in [0.3, 0.4) is 0 Å². The van der Waals surface area contributed by atoms with Gasteiger partial charge in [0, 0.05) is 5.41 Å². The van der Waals surface area contributed by atoms with Gasteiger partial charge in [0.05, 0.1) is 6.61 Å². The Morgan fingerprint density at radius 1 is 1.42 bits per heavy atom. The van der Waals surface area contributed by atoms with Crippen LogP contribution in [-0.4, -0.2) is 72.7 Å². The molecule has 0 saturated carbocycles. The number of amides is 1. The van der Waals surface area contributed by atoms with Gasteiger partial charge in [0.15, 0.2) is 5.82 Å². The van der Waals surface area contributed by atoms with Crippen LogP contribution in [0.2, 0.25) is 0 Å². The Kier molecular flexibility index (Phi) is 11.6. The molecule has 1 aliphatic rings. The molecule has 0 radical (unpaired) electrons. The van der Waals surface area contributed by atoms with Gasteiger partial charge in [-0.2, -0.15) is 11.4 Å². The van der Waals surface area contributed by atoms with Crippen molar-refractivity contribution < 1.29 is 39.9 Å². The van der Waals surface area contributed by atoms with E-state index >= 15 is 0 Å². The molecular formula is C17H28N4O4W. The Bertz CT molecular complexity index is 543. The van der Waals surface area contributed by atoms with Gasteiger partial charge in [-0.15, -0.1) is 6.54 Å². The van der Waals surface area contributed by atoms with E-state index in [0.717, 1.165) is 32.5 Å². The molecule has 1 aliphatic heterocycles. The van der Waals surface area contributed by atoms with Gasteiger partial charge < -0.3 is 30.8 Å². The quantitative estimate of drug-likeness (QED) is 0.304. The zero-order valence-electron chi connectivity index (χ0n) is 16.0. The van der Waals surface area contributed by atoms with Gasteiger partial charge in [-0.1, -0.05) is 12.1 Å². The summed E-state index contributed by atoms with van der Waals surface area (Å²) in [6, 6.07) is 0. The second kappa shape index (κ2) is 12.2. The number of carbonyl (C=O) groups is 1. The normalized spacial score (nSPS) is 15.9. The van der Waals surface area contributed by atoms with Crippen LogP contribution in [0.15, 0.2) is 4.52 Å². The molecule has 0 aliphatic carbocycles. The molecule has 1 aromatic rings. The maximum Gasteiger partial charge on any atom is 2.00 e. The minimum absolute atomic E-state index is 0. The van der Waals surface area contributed by atoms with E-state index in [1.165, 1.54) is 4.90 Å². The maximum absolute atomic E-state index is 11.4. The van der Waals surface area contributed by atoms with Crippen LogP contribution < -0.4 is 0 Å². The van der Waals surface area contributed by atoms with Crippen molar-refractivity contribution in [2.45, 2.75) is 38.5 Å². The summed E-state index contributed by atoms with van der Waals surface area (Å²) in [5.74, 6) is 0.694. The molecule has 0 spiro atoms. The number of rotatable bonds is 6. The van der Waals surface area contributed by atoms with Gasteiger partial charge in [0.1, 0.15) is 6.42 Å². The van der Waals surface area contributed by atoms with E-state index in [2.05, 4.69) is 28.9 Å². The molecule has 1 amide bonds. The van der Waals surface area contributed by atoms with Gasteiger partial charge in [0.2, 0.25) is 5.89 Å². The largest absolute Gasteiger partial charge is 2.00 e. The minimum atomic E-state index is -0.334. The first-order chi connectivity index (χ1) is 11.8. The van der Waals surface area contributed by atoms with Crippen LogP contribution in [0, 0.1) is 6.92 Å². The van der Waals surface area contributed by atoms with Crippen molar-refractivity contribution in [3.8, 4) is 0 Å². The number of piperidine rings is 1. The fourth-order valence-corrected chi connectivity index (χ4v) is 2.40. The van der Waals surface area contributed by atoms with E-state index in [1.54, 1.807) is 27.4 Å². The molecule has 0 N–H and O–H groups in total. The van der Waals surface area contributed by atoms with Crippen molar-refractivity contribution in [2.75, 3.05) is 40.3 Å². The van der Waals surface area contributed by atoms with Gasteiger partial charge >= 0.3 is 27.0 Å². The molecule has 0 unspecified atom stereocenters. The summed E-state index contributed by atoms with van der Waals surface area (Å²) >= 11 is 0. The topological polar surface area (TPSA) is 88.8 Å². The van der Waals surface area contributed by atoms with Crippen molar-refractivity contribution in [3.05, 3.63) is 18.6 Å². The molecule has 0 bridgehead atoms. The van der Waals surface area contributed by atoms with E-state index in [9.17, 15) is 9.59 Å². The number of likely N-dealkylation sites (tertiary alicyclic amines) is 1. The number of hydrogen-bond donors (Lipinski definition) is 0. The number of aromatic nitrogens is 2. The molecule has 8 nitrogen and oxygen atoms in total. The molecule has 26 heavy (non-hydrogen) atoms. The average molecular weight is 536 g/mol. The Morgan fingerprint density at radius 3 is 2.46 bits per heavy atom. The molecule has 0 atom stereocenters. The molecule has 0 aromatic carbocycles. The van der Waals surface area contributed by atoms with Crippen molar-refractivity contribution in [2.24, 2.45) is 0 Å². The summed E-state index contributed by atoms with van der Waals surface area (Å²) < 4.78 is 10.0. The number of esters is 1. The van der Waals surface area contributed by atoms with Crippen molar-refractivity contribution in [1.29, 1.82) is 0 Å². The van der Waals surface area contributed by atoms with E-state index in [1.807, 2.05) is 0 Å². The number of hydrogen-bond acceptors (Lipinski definition) is 7. The molecule has 9 heteroatoms. The van der Waals surface area contributed by atoms with E-state index in [4.69, 9.17) is 9.26 Å². The molecule has 2 rings (SSSR count). The number of nitrogens with zero attached hydrogens (tertiary/aromatic N) is 4. The van der Waals surface area contributed by atoms with Crippen molar-refractivity contribution in [3.63, 3.8) is 0 Å². The Hall–Kier alpha value is -1.27. The van der Waals surface area contributed by atoms with Crippen molar-refractivity contribution in [1.82, 2.24) is 19.9 Å². The molecule has 2 heterocycles. The smallest absolute Gasteiger partial charge is 0.522 e. The fraction of sp³-hybridized carbons (Fsp3) is 0.706. The molecule has 1 saturated heterocycles. The van der Waals surface area contributed by atoms with Crippen LogP contribution in [0.25, 0.3) is 0 Å². The van der Waals surface area contributed by atoms with Crippen molar-refractivity contribution >= 4 is 12.4 Å². The number of ether oxygens (including phenoxy) is 1. The first kappa shape index (κ1) is 24.7.